The van der Waals surface area contributed by atoms with Crippen LogP contribution in [0.15, 0.2) is 67.0 Å². The molecule has 0 bridgehead atoms. The van der Waals surface area contributed by atoms with E-state index in [1.807, 2.05) is 24.3 Å². The molecule has 2 aromatic carbocycles. The number of anilines is 2. The number of para-hydroxylation sites is 1. The van der Waals surface area contributed by atoms with E-state index in [1.165, 1.54) is 0 Å². The van der Waals surface area contributed by atoms with E-state index >= 15 is 0 Å². The predicted molar refractivity (Wildman–Crippen MR) is 146 cm³/mol. The lowest BCUT2D eigenvalue weighted by Gasteiger charge is -2.33. The van der Waals surface area contributed by atoms with E-state index in [1.54, 1.807) is 47.6 Å². The molecule has 0 spiro atoms. The van der Waals surface area contributed by atoms with Crippen molar-refractivity contribution in [3.63, 3.8) is 0 Å². The zero-order valence-corrected chi connectivity index (χ0v) is 22.1. The molecule has 2 N–H and O–H groups in total. The second-order valence-electron chi connectivity index (χ2n) is 9.93. The number of carbonyl (C=O) groups is 2. The lowest BCUT2D eigenvalue weighted by molar-refractivity contribution is -0.124. The summed E-state index contributed by atoms with van der Waals surface area (Å²) >= 11 is 12.7. The third-order valence-electron chi connectivity index (χ3n) is 6.33. The van der Waals surface area contributed by atoms with Crippen molar-refractivity contribution in [1.82, 2.24) is 10.3 Å². The van der Waals surface area contributed by atoms with Gasteiger partial charge in [0.05, 0.1) is 21.8 Å². The number of hydrogen-bond acceptors (Lipinski definition) is 4. The van der Waals surface area contributed by atoms with Crippen molar-refractivity contribution in [3.05, 3.63) is 88.2 Å². The molecule has 1 saturated heterocycles. The average molecular weight is 525 g/mol. The normalized spacial score (nSPS) is 16.4. The van der Waals surface area contributed by atoms with Crippen molar-refractivity contribution in [3.8, 4) is 0 Å². The van der Waals surface area contributed by atoms with Crippen LogP contribution in [0.5, 0.6) is 0 Å². The molecule has 2 unspecified atom stereocenters. The lowest BCUT2D eigenvalue weighted by atomic mass is 9.87. The van der Waals surface area contributed by atoms with Gasteiger partial charge >= 0.3 is 0 Å². The smallest absolute Gasteiger partial charge is 0.252 e. The monoisotopic (exact) mass is 524 g/mol. The Balaban J connectivity index is 1.81. The average Bonchev–Trinajstić information content (AvgIpc) is 3.40. The number of aromatic nitrogens is 1. The van der Waals surface area contributed by atoms with Gasteiger partial charge in [-0.3, -0.25) is 19.5 Å². The van der Waals surface area contributed by atoms with Crippen LogP contribution in [0.3, 0.4) is 0 Å². The molecule has 0 radical (unpaired) electrons. The molecule has 2 heterocycles. The molecule has 0 aliphatic carbocycles. The number of halogens is 2. The molecule has 188 valence electrons. The number of benzene rings is 2. The van der Waals surface area contributed by atoms with Crippen molar-refractivity contribution in [2.75, 3.05) is 16.8 Å². The third-order valence-corrected chi connectivity index (χ3v) is 6.95. The first kappa shape index (κ1) is 26.1. The maximum Gasteiger partial charge on any atom is 0.252 e. The summed E-state index contributed by atoms with van der Waals surface area (Å²) < 4.78 is 0. The lowest BCUT2D eigenvalue weighted by Crippen LogP contribution is -2.48. The maximum absolute atomic E-state index is 13.9. The number of rotatable bonds is 6. The zero-order valence-electron chi connectivity index (χ0n) is 20.6. The SMILES string of the molecule is CC(C)(C)c1ccc(N(C(=O)C2CCCN2)C(C(=O)Nc2c(Cl)cccc2Cl)c2cccnc2)cc1. The highest BCUT2D eigenvalue weighted by Crippen LogP contribution is 2.35. The van der Waals surface area contributed by atoms with Gasteiger partial charge in [0.15, 0.2) is 0 Å². The largest absolute Gasteiger partial charge is 0.321 e. The molecule has 1 aliphatic rings. The molecule has 8 heteroatoms. The van der Waals surface area contributed by atoms with Gasteiger partial charge in [0, 0.05) is 23.6 Å². The van der Waals surface area contributed by atoms with Crippen molar-refractivity contribution in [2.24, 2.45) is 0 Å². The fourth-order valence-electron chi connectivity index (χ4n) is 4.35. The highest BCUT2D eigenvalue weighted by atomic mass is 35.5. The first-order valence-electron chi connectivity index (χ1n) is 12.0. The third kappa shape index (κ3) is 5.72. The van der Waals surface area contributed by atoms with Crippen LogP contribution in [0.2, 0.25) is 10.0 Å². The van der Waals surface area contributed by atoms with Crippen LogP contribution in [0, 0.1) is 0 Å². The van der Waals surface area contributed by atoms with Crippen molar-refractivity contribution in [2.45, 2.75) is 51.1 Å². The number of hydrogen-bond donors (Lipinski definition) is 2. The molecule has 0 saturated carbocycles. The Morgan fingerprint density at radius 1 is 1.06 bits per heavy atom. The predicted octanol–water partition coefficient (Wildman–Crippen LogP) is 6.15. The van der Waals surface area contributed by atoms with Crippen LogP contribution in [0.1, 0.15) is 50.8 Å². The topological polar surface area (TPSA) is 74.3 Å². The van der Waals surface area contributed by atoms with E-state index in [-0.39, 0.29) is 17.4 Å². The summed E-state index contributed by atoms with van der Waals surface area (Å²) in [6.45, 7) is 7.15. The van der Waals surface area contributed by atoms with E-state index in [0.29, 0.717) is 33.4 Å². The minimum Gasteiger partial charge on any atom is -0.321 e. The van der Waals surface area contributed by atoms with Gasteiger partial charge in [0.1, 0.15) is 6.04 Å². The Morgan fingerprint density at radius 2 is 1.75 bits per heavy atom. The number of nitrogens with one attached hydrogen (secondary N) is 2. The second kappa shape index (κ2) is 11.0. The molecular weight excluding hydrogens is 495 g/mol. The fraction of sp³-hybridized carbons (Fsp3) is 0.321. The van der Waals surface area contributed by atoms with E-state index in [0.717, 1.165) is 18.5 Å². The van der Waals surface area contributed by atoms with Gasteiger partial charge in [-0.1, -0.05) is 68.2 Å². The van der Waals surface area contributed by atoms with Gasteiger partial charge in [0.2, 0.25) is 5.91 Å². The molecular formula is C28H30Cl2N4O2. The van der Waals surface area contributed by atoms with Gasteiger partial charge in [-0.25, -0.2) is 0 Å². The fourth-order valence-corrected chi connectivity index (χ4v) is 4.84. The molecule has 2 amide bonds. The Labute approximate surface area is 222 Å². The zero-order chi connectivity index (χ0) is 25.9. The van der Waals surface area contributed by atoms with Crippen LogP contribution >= 0.6 is 23.2 Å². The highest BCUT2D eigenvalue weighted by Gasteiger charge is 2.37. The quantitative estimate of drug-likeness (QED) is 0.405. The molecule has 36 heavy (non-hydrogen) atoms. The minimum atomic E-state index is -0.999. The molecule has 2 atom stereocenters. The van der Waals surface area contributed by atoms with Crippen LogP contribution in [0.4, 0.5) is 11.4 Å². The van der Waals surface area contributed by atoms with Crippen LogP contribution in [-0.2, 0) is 15.0 Å². The first-order valence-corrected chi connectivity index (χ1v) is 12.7. The number of amides is 2. The Kier molecular flexibility index (Phi) is 7.98. The van der Waals surface area contributed by atoms with Crippen LogP contribution in [-0.4, -0.2) is 29.4 Å². The summed E-state index contributed by atoms with van der Waals surface area (Å²) in [5, 5.41) is 6.76. The van der Waals surface area contributed by atoms with Crippen molar-refractivity contribution in [1.29, 1.82) is 0 Å². The van der Waals surface area contributed by atoms with Gasteiger partial charge < -0.3 is 10.6 Å². The van der Waals surface area contributed by atoms with E-state index < -0.39 is 11.9 Å². The molecule has 6 nitrogen and oxygen atoms in total. The Bertz CT molecular complexity index is 1200. The Morgan fingerprint density at radius 3 is 2.31 bits per heavy atom. The van der Waals surface area contributed by atoms with E-state index in [4.69, 9.17) is 23.2 Å². The van der Waals surface area contributed by atoms with Crippen molar-refractivity contribution >= 4 is 46.4 Å². The first-order chi connectivity index (χ1) is 17.2. The summed E-state index contributed by atoms with van der Waals surface area (Å²) in [5.74, 6) is -0.616. The number of nitrogens with zero attached hydrogens (tertiary/aromatic N) is 2. The number of carbonyl (C=O) groups excluding carboxylic acids is 2. The highest BCUT2D eigenvalue weighted by molar-refractivity contribution is 6.39. The maximum atomic E-state index is 13.9. The second-order valence-corrected chi connectivity index (χ2v) is 10.7. The van der Waals surface area contributed by atoms with Gasteiger partial charge in [-0.15, -0.1) is 0 Å². The molecule has 4 rings (SSSR count). The standard InChI is InChI=1S/C28H30Cl2N4O2/c1-28(2,3)19-11-13-20(14-12-19)34(27(36)23-10-6-16-32-23)25(18-7-5-15-31-17-18)26(35)33-24-21(29)8-4-9-22(24)30/h4-5,7-9,11-15,17,23,25,32H,6,10,16H2,1-3H3,(H,33,35). The van der Waals surface area contributed by atoms with Gasteiger partial charge in [0.25, 0.3) is 5.91 Å². The summed E-state index contributed by atoms with van der Waals surface area (Å²) in [5.41, 5.74) is 2.57. The summed E-state index contributed by atoms with van der Waals surface area (Å²) in [7, 11) is 0. The van der Waals surface area contributed by atoms with Crippen molar-refractivity contribution < 1.29 is 9.59 Å². The Hall–Kier alpha value is -2.93. The molecule has 1 fully saturated rings. The van der Waals surface area contributed by atoms with Crippen LogP contribution in [0.25, 0.3) is 0 Å². The summed E-state index contributed by atoms with van der Waals surface area (Å²) in [4.78, 5) is 33.6. The van der Waals surface area contributed by atoms with E-state index in [2.05, 4.69) is 36.4 Å². The number of pyridine rings is 1. The summed E-state index contributed by atoms with van der Waals surface area (Å²) in [6, 6.07) is 15.0. The van der Waals surface area contributed by atoms with Crippen LogP contribution < -0.4 is 15.5 Å². The molecule has 1 aliphatic heterocycles. The molecule has 3 aromatic rings. The minimum absolute atomic E-state index is 0.0543. The summed E-state index contributed by atoms with van der Waals surface area (Å²) in [6.07, 6.45) is 4.83. The van der Waals surface area contributed by atoms with Gasteiger partial charge in [-0.2, -0.15) is 0 Å². The van der Waals surface area contributed by atoms with E-state index in [9.17, 15) is 9.59 Å². The molecule has 1 aromatic heterocycles. The van der Waals surface area contributed by atoms with Gasteiger partial charge in [-0.05, 0) is 60.7 Å².